The molecule has 0 bridgehead atoms. The highest BCUT2D eigenvalue weighted by Crippen LogP contribution is 2.21. The monoisotopic (exact) mass is 225 g/mol. The van der Waals surface area contributed by atoms with Gasteiger partial charge in [0.25, 0.3) is 0 Å². The highest BCUT2D eigenvalue weighted by atomic mass is 19.4. The molecule has 1 saturated heterocycles. The first-order chi connectivity index (χ1) is 6.97. The van der Waals surface area contributed by atoms with Crippen LogP contribution in [0.25, 0.3) is 0 Å². The maximum atomic E-state index is 12.0. The van der Waals surface area contributed by atoms with E-state index in [0.29, 0.717) is 6.54 Å². The van der Waals surface area contributed by atoms with Crippen molar-refractivity contribution >= 4 is 0 Å². The lowest BCUT2D eigenvalue weighted by Crippen LogP contribution is -2.33. The minimum Gasteiger partial charge on any atom is -0.378 e. The molecule has 1 N–H and O–H groups in total. The van der Waals surface area contributed by atoms with Crippen LogP contribution in [-0.4, -0.2) is 31.5 Å². The molecule has 1 rings (SSSR count). The van der Waals surface area contributed by atoms with Crippen LogP contribution in [0.2, 0.25) is 0 Å². The van der Waals surface area contributed by atoms with Gasteiger partial charge >= 0.3 is 6.18 Å². The molecule has 0 saturated carbocycles. The molecule has 90 valence electrons. The molecule has 2 atom stereocenters. The number of rotatable bonds is 5. The molecule has 0 radical (unpaired) electrons. The third-order valence-corrected chi connectivity index (χ3v) is 2.52. The molecule has 0 aromatic carbocycles. The first kappa shape index (κ1) is 12.8. The number of ether oxygens (including phenoxy) is 1. The molecule has 1 fully saturated rings. The van der Waals surface area contributed by atoms with Crippen molar-refractivity contribution in [1.82, 2.24) is 5.32 Å². The number of alkyl halides is 3. The molecule has 0 aromatic rings. The summed E-state index contributed by atoms with van der Waals surface area (Å²) in [6, 6.07) is -0.508. The minimum atomic E-state index is -4.07. The Morgan fingerprint density at radius 1 is 1.47 bits per heavy atom. The van der Waals surface area contributed by atoms with E-state index in [0.717, 1.165) is 25.9 Å². The maximum Gasteiger partial charge on any atom is 0.390 e. The predicted octanol–water partition coefficient (Wildman–Crippen LogP) is 2.49. The Labute approximate surface area is 88.2 Å². The molecule has 5 heteroatoms. The molecule has 0 aliphatic carbocycles. The van der Waals surface area contributed by atoms with E-state index in [-0.39, 0.29) is 6.10 Å². The van der Waals surface area contributed by atoms with Gasteiger partial charge in [-0.05, 0) is 32.7 Å². The molecule has 0 aromatic heterocycles. The van der Waals surface area contributed by atoms with Crippen molar-refractivity contribution < 1.29 is 17.9 Å². The zero-order valence-electron chi connectivity index (χ0n) is 8.94. The molecule has 1 aliphatic rings. The molecule has 2 unspecified atom stereocenters. The third-order valence-electron chi connectivity index (χ3n) is 2.52. The third kappa shape index (κ3) is 5.99. The van der Waals surface area contributed by atoms with Gasteiger partial charge in [-0.2, -0.15) is 13.2 Å². The van der Waals surface area contributed by atoms with Gasteiger partial charge in [0, 0.05) is 12.6 Å². The van der Waals surface area contributed by atoms with E-state index in [9.17, 15) is 13.2 Å². The van der Waals surface area contributed by atoms with E-state index < -0.39 is 18.6 Å². The summed E-state index contributed by atoms with van der Waals surface area (Å²) in [6.07, 6.45) is -1.68. The molecule has 2 nitrogen and oxygen atoms in total. The van der Waals surface area contributed by atoms with Crippen molar-refractivity contribution in [2.24, 2.45) is 0 Å². The van der Waals surface area contributed by atoms with E-state index >= 15 is 0 Å². The van der Waals surface area contributed by atoms with Crippen LogP contribution in [0, 0.1) is 0 Å². The van der Waals surface area contributed by atoms with E-state index in [1.165, 1.54) is 0 Å². The summed E-state index contributed by atoms with van der Waals surface area (Å²) >= 11 is 0. The van der Waals surface area contributed by atoms with Crippen molar-refractivity contribution in [3.8, 4) is 0 Å². The number of hydrogen-bond acceptors (Lipinski definition) is 2. The Hall–Kier alpha value is -0.290. The topological polar surface area (TPSA) is 21.3 Å². The quantitative estimate of drug-likeness (QED) is 0.776. The van der Waals surface area contributed by atoms with Gasteiger partial charge < -0.3 is 10.1 Å². The molecule has 1 heterocycles. The second kappa shape index (κ2) is 5.70. The summed E-state index contributed by atoms with van der Waals surface area (Å²) in [4.78, 5) is 0. The first-order valence-electron chi connectivity index (χ1n) is 5.39. The Morgan fingerprint density at radius 2 is 2.20 bits per heavy atom. The molecule has 15 heavy (non-hydrogen) atoms. The summed E-state index contributed by atoms with van der Waals surface area (Å²) in [5.41, 5.74) is 0. The number of nitrogens with one attached hydrogen (secondary N) is 1. The average molecular weight is 225 g/mol. The predicted molar refractivity (Wildman–Crippen MR) is 51.7 cm³/mol. The fourth-order valence-electron chi connectivity index (χ4n) is 1.78. The van der Waals surface area contributed by atoms with Crippen LogP contribution in [0.3, 0.4) is 0 Å². The summed E-state index contributed by atoms with van der Waals surface area (Å²) in [5, 5.41) is 2.87. The molecule has 1 aliphatic heterocycles. The van der Waals surface area contributed by atoms with Gasteiger partial charge in [-0.3, -0.25) is 0 Å². The smallest absolute Gasteiger partial charge is 0.378 e. The van der Waals surface area contributed by atoms with E-state index in [1.54, 1.807) is 6.92 Å². The zero-order chi connectivity index (χ0) is 11.3. The van der Waals surface area contributed by atoms with Crippen LogP contribution >= 0.6 is 0 Å². The Bertz CT molecular complexity index is 178. The van der Waals surface area contributed by atoms with Crippen molar-refractivity contribution in [2.45, 2.75) is 50.9 Å². The van der Waals surface area contributed by atoms with Gasteiger partial charge in [-0.25, -0.2) is 0 Å². The summed E-state index contributed by atoms with van der Waals surface area (Å²) < 4.78 is 41.3. The molecular weight excluding hydrogens is 207 g/mol. The SMILES string of the molecule is CC(CC(F)(F)F)NCCC1CCCO1. The Balaban J connectivity index is 2.03. The highest BCUT2D eigenvalue weighted by Gasteiger charge is 2.29. The van der Waals surface area contributed by atoms with E-state index in [2.05, 4.69) is 5.32 Å². The van der Waals surface area contributed by atoms with Gasteiger partial charge in [-0.15, -0.1) is 0 Å². The van der Waals surface area contributed by atoms with Crippen LogP contribution in [0.15, 0.2) is 0 Å². The van der Waals surface area contributed by atoms with Crippen LogP contribution in [0.1, 0.15) is 32.6 Å². The van der Waals surface area contributed by atoms with Crippen molar-refractivity contribution in [3.05, 3.63) is 0 Å². The minimum absolute atomic E-state index is 0.246. The highest BCUT2D eigenvalue weighted by molar-refractivity contribution is 4.69. The van der Waals surface area contributed by atoms with E-state index in [4.69, 9.17) is 4.74 Å². The van der Waals surface area contributed by atoms with Crippen LogP contribution in [-0.2, 0) is 4.74 Å². The largest absolute Gasteiger partial charge is 0.390 e. The van der Waals surface area contributed by atoms with Gasteiger partial charge in [-0.1, -0.05) is 0 Å². The second-order valence-corrected chi connectivity index (χ2v) is 4.10. The van der Waals surface area contributed by atoms with Gasteiger partial charge in [0.2, 0.25) is 0 Å². The summed E-state index contributed by atoms with van der Waals surface area (Å²) in [6.45, 7) is 2.95. The van der Waals surface area contributed by atoms with Crippen molar-refractivity contribution in [3.63, 3.8) is 0 Å². The van der Waals surface area contributed by atoms with Gasteiger partial charge in [0.1, 0.15) is 0 Å². The summed E-state index contributed by atoms with van der Waals surface area (Å²) in [5.74, 6) is 0. The van der Waals surface area contributed by atoms with Crippen molar-refractivity contribution in [2.75, 3.05) is 13.2 Å². The maximum absolute atomic E-state index is 12.0. The van der Waals surface area contributed by atoms with Crippen LogP contribution in [0.5, 0.6) is 0 Å². The number of halogens is 3. The lowest BCUT2D eigenvalue weighted by Gasteiger charge is -2.17. The Morgan fingerprint density at radius 3 is 2.73 bits per heavy atom. The molecular formula is C10H18F3NO. The van der Waals surface area contributed by atoms with Gasteiger partial charge in [0.05, 0.1) is 12.5 Å². The summed E-state index contributed by atoms with van der Waals surface area (Å²) in [7, 11) is 0. The molecule has 0 amide bonds. The Kier molecular flexibility index (Phi) is 4.86. The standard InChI is InChI=1S/C10H18F3NO/c1-8(7-10(11,12)13)14-5-4-9-3-2-6-15-9/h8-9,14H,2-7H2,1H3. The fraction of sp³-hybridized carbons (Fsp3) is 1.00. The fourth-order valence-corrected chi connectivity index (χ4v) is 1.78. The van der Waals surface area contributed by atoms with Crippen LogP contribution in [0.4, 0.5) is 13.2 Å². The molecule has 0 spiro atoms. The van der Waals surface area contributed by atoms with Crippen molar-refractivity contribution in [1.29, 1.82) is 0 Å². The average Bonchev–Trinajstić information content (AvgIpc) is 2.53. The van der Waals surface area contributed by atoms with Crippen LogP contribution < -0.4 is 5.32 Å². The second-order valence-electron chi connectivity index (χ2n) is 4.10. The number of hydrogen-bond donors (Lipinski definition) is 1. The van der Waals surface area contributed by atoms with Gasteiger partial charge in [0.15, 0.2) is 0 Å². The van der Waals surface area contributed by atoms with E-state index in [1.807, 2.05) is 0 Å². The zero-order valence-corrected chi connectivity index (χ0v) is 8.94. The normalized spacial score (nSPS) is 24.4. The first-order valence-corrected chi connectivity index (χ1v) is 5.39. The lowest BCUT2D eigenvalue weighted by molar-refractivity contribution is -0.139. The lowest BCUT2D eigenvalue weighted by atomic mass is 10.1.